The molecule has 4 aliphatic carbocycles. The number of Topliss-reactive ketones (excluding diaryl/α,β-unsaturated/α-hetero) is 1. The van der Waals surface area contributed by atoms with Gasteiger partial charge in [0.25, 0.3) is 0 Å². The van der Waals surface area contributed by atoms with Crippen LogP contribution in [-0.4, -0.2) is 52.5 Å². The monoisotopic (exact) mass is 535 g/mol. The smallest absolute Gasteiger partial charge is 0.790 e. The van der Waals surface area contributed by atoms with E-state index in [1.807, 2.05) is 0 Å². The fraction of sp³-hybridized carbons (Fsp3) is 0.750. The first-order chi connectivity index (χ1) is 16.0. The molecule has 5 aliphatic rings. The molecule has 1 N–H and O–H groups in total. The van der Waals surface area contributed by atoms with Crippen LogP contribution in [0.1, 0.15) is 53.4 Å². The summed E-state index contributed by atoms with van der Waals surface area (Å²) in [4.78, 5) is 49.1. The zero-order valence-electron chi connectivity index (χ0n) is 21.1. The largest absolute Gasteiger partial charge is 1.00 e. The summed E-state index contributed by atoms with van der Waals surface area (Å²) < 4.78 is 46.8. The molecule has 0 aromatic heterocycles. The van der Waals surface area contributed by atoms with Gasteiger partial charge in [-0.05, 0) is 64.5 Å². The van der Waals surface area contributed by atoms with E-state index < -0.39 is 72.1 Å². The minimum absolute atomic E-state index is 0. The first-order valence-electron chi connectivity index (χ1n) is 11.9. The first kappa shape index (κ1) is 28.7. The van der Waals surface area contributed by atoms with Gasteiger partial charge < -0.3 is 33.5 Å². The van der Waals surface area contributed by atoms with Gasteiger partial charge in [-0.25, -0.2) is 4.39 Å². The van der Waals surface area contributed by atoms with Crippen LogP contribution in [0.25, 0.3) is 0 Å². The summed E-state index contributed by atoms with van der Waals surface area (Å²) in [6.45, 7) is 5.73. The predicted octanol–water partition coefficient (Wildman–Crippen LogP) is -1.72. The average molecular weight is 535 g/mol. The third-order valence-electron chi connectivity index (χ3n) is 9.42. The van der Waals surface area contributed by atoms with Crippen LogP contribution in [0.4, 0.5) is 4.39 Å². The van der Waals surface area contributed by atoms with E-state index in [1.165, 1.54) is 18.2 Å². The molecule has 1 saturated heterocycles. The number of ether oxygens (including phenoxy) is 2. The number of alkyl halides is 1. The van der Waals surface area contributed by atoms with E-state index in [0.29, 0.717) is 12.0 Å². The van der Waals surface area contributed by atoms with E-state index in [4.69, 9.17) is 14.0 Å². The molecular formula is C24H30FNaO9P-. The standard InChI is InChI=1S/C24H32FO9P.Na/c1-20(2)32-18-10-16-15-6-5-13-9-14(27)7-8-21(13,3)23(15,25)19(33-35(29,30)31)11-22(16,4)24(18,34-20)17(28)12-26;/h7-9,15-16,18-19,26H,5-6,10-12H2,1-4H3,(H2,29,30,31);/q;+1/p-2/t15-,16-,18+,19-,21-,22-,23-,24+;/m0./s1. The number of phosphoric acid groups is 1. The molecular weight excluding hydrogens is 505 g/mol. The summed E-state index contributed by atoms with van der Waals surface area (Å²) in [5.41, 5.74) is -6.10. The van der Waals surface area contributed by atoms with Crippen LogP contribution >= 0.6 is 7.82 Å². The zero-order valence-corrected chi connectivity index (χ0v) is 24.0. The van der Waals surface area contributed by atoms with Crippen molar-refractivity contribution >= 4 is 19.4 Å². The quantitative estimate of drug-likeness (QED) is 0.328. The Morgan fingerprint density at radius 2 is 1.94 bits per heavy atom. The van der Waals surface area contributed by atoms with Gasteiger partial charge >= 0.3 is 29.6 Å². The molecule has 9 nitrogen and oxygen atoms in total. The second-order valence-corrected chi connectivity index (χ2v) is 12.6. The minimum atomic E-state index is -5.66. The van der Waals surface area contributed by atoms with Crippen molar-refractivity contribution in [3.8, 4) is 0 Å². The Hall–Kier alpha value is -0.260. The third kappa shape index (κ3) is 3.64. The summed E-state index contributed by atoms with van der Waals surface area (Å²) in [5, 5.41) is 9.88. The van der Waals surface area contributed by atoms with Gasteiger partial charge in [0.05, 0.1) is 20.0 Å². The van der Waals surface area contributed by atoms with E-state index in [0.717, 1.165) is 0 Å². The van der Waals surface area contributed by atoms with Crippen LogP contribution < -0.4 is 39.3 Å². The number of aliphatic hydroxyl groups excluding tert-OH is 1. The van der Waals surface area contributed by atoms with E-state index >= 15 is 4.39 Å². The molecule has 194 valence electrons. The Morgan fingerprint density at radius 1 is 1.28 bits per heavy atom. The Labute approximate surface area is 231 Å². The van der Waals surface area contributed by atoms with Gasteiger partial charge in [-0.1, -0.05) is 18.6 Å². The summed E-state index contributed by atoms with van der Waals surface area (Å²) >= 11 is 0. The minimum Gasteiger partial charge on any atom is -0.790 e. The van der Waals surface area contributed by atoms with Gasteiger partial charge in [0.15, 0.2) is 28.6 Å². The third-order valence-corrected chi connectivity index (χ3v) is 9.94. The summed E-state index contributed by atoms with van der Waals surface area (Å²) in [5.74, 6) is -3.44. The number of rotatable bonds is 4. The van der Waals surface area contributed by atoms with Crippen molar-refractivity contribution in [2.75, 3.05) is 6.61 Å². The molecule has 1 heterocycles. The maximum Gasteiger partial charge on any atom is 1.00 e. The topological polar surface area (TPSA) is 145 Å². The molecule has 0 aromatic rings. The van der Waals surface area contributed by atoms with Crippen LogP contribution in [0.3, 0.4) is 0 Å². The number of allylic oxidation sites excluding steroid dienone is 4. The number of aliphatic hydroxyl groups is 1. The molecule has 1 aliphatic heterocycles. The molecule has 8 atom stereocenters. The van der Waals surface area contributed by atoms with Gasteiger partial charge in [0.1, 0.15) is 6.61 Å². The van der Waals surface area contributed by atoms with E-state index in [2.05, 4.69) is 0 Å². The molecule has 0 spiro atoms. The van der Waals surface area contributed by atoms with Crippen molar-refractivity contribution in [3.63, 3.8) is 0 Å². The van der Waals surface area contributed by atoms with Gasteiger partial charge in [-0.3, -0.25) is 9.59 Å². The molecule has 5 rings (SSSR count). The number of carbonyl (C=O) groups excluding carboxylic acids is 2. The van der Waals surface area contributed by atoms with E-state index in [9.17, 15) is 29.0 Å². The van der Waals surface area contributed by atoms with Crippen molar-refractivity contribution in [3.05, 3.63) is 23.8 Å². The number of hydrogen-bond acceptors (Lipinski definition) is 9. The van der Waals surface area contributed by atoms with Crippen LogP contribution in [0, 0.1) is 22.7 Å². The van der Waals surface area contributed by atoms with Crippen molar-refractivity contribution in [1.29, 1.82) is 0 Å². The van der Waals surface area contributed by atoms with Crippen LogP contribution in [0.2, 0.25) is 0 Å². The average Bonchev–Trinajstić information content (AvgIpc) is 3.14. The number of phosphoric ester groups is 1. The molecule has 0 amide bonds. The maximum absolute atomic E-state index is 17.7. The Kier molecular flexibility index (Phi) is 6.88. The molecule has 0 radical (unpaired) electrons. The summed E-state index contributed by atoms with van der Waals surface area (Å²) in [7, 11) is -5.66. The number of hydrogen-bond donors (Lipinski definition) is 1. The second kappa shape index (κ2) is 8.62. The van der Waals surface area contributed by atoms with Crippen molar-refractivity contribution in [2.45, 2.75) is 82.6 Å². The van der Waals surface area contributed by atoms with Crippen LogP contribution in [0.15, 0.2) is 23.8 Å². The van der Waals surface area contributed by atoms with Gasteiger partial charge in [0.2, 0.25) is 0 Å². The molecule has 12 heteroatoms. The maximum atomic E-state index is 17.7. The molecule has 4 fully saturated rings. The number of ketones is 2. The number of carbonyl (C=O) groups is 2. The number of fused-ring (bicyclic) bond motifs is 7. The van der Waals surface area contributed by atoms with E-state index in [1.54, 1.807) is 27.7 Å². The van der Waals surface area contributed by atoms with Crippen molar-refractivity contribution < 1.29 is 77.0 Å². The summed E-state index contributed by atoms with van der Waals surface area (Å²) in [6, 6.07) is 0. The molecule has 3 saturated carbocycles. The second-order valence-electron chi connectivity index (χ2n) is 11.5. The SMILES string of the molecule is CC1(C)O[C@@H]2C[C@H]3[C@@H]4CCC5=CC(=O)C=C[C@]5(C)[C@@]4(F)[C@@H](OP(=O)([O-])[O-])C[C@]3(C)[C@]2(C(=O)CO)O1.[Na+]. The molecule has 0 unspecified atom stereocenters. The predicted molar refractivity (Wildman–Crippen MR) is 115 cm³/mol. The van der Waals surface area contributed by atoms with Crippen molar-refractivity contribution in [1.82, 2.24) is 0 Å². The zero-order chi connectivity index (χ0) is 25.8. The van der Waals surface area contributed by atoms with Gasteiger partial charge in [-0.2, -0.15) is 0 Å². The fourth-order valence-electron chi connectivity index (χ4n) is 8.16. The summed E-state index contributed by atoms with van der Waals surface area (Å²) in [6.07, 6.45) is 2.08. The number of halogens is 1. The molecule has 0 aromatic carbocycles. The normalized spacial score (nSPS) is 46.7. The van der Waals surface area contributed by atoms with Crippen LogP contribution in [-0.2, 0) is 28.2 Å². The molecule has 36 heavy (non-hydrogen) atoms. The Morgan fingerprint density at radius 3 is 2.56 bits per heavy atom. The fourth-order valence-corrected chi connectivity index (χ4v) is 8.70. The van der Waals surface area contributed by atoms with Gasteiger partial charge in [-0.15, -0.1) is 0 Å². The van der Waals surface area contributed by atoms with E-state index in [-0.39, 0.29) is 54.6 Å². The molecule has 0 bridgehead atoms. The Bertz CT molecular complexity index is 1100. The Balaban J connectivity index is 0.00000304. The van der Waals surface area contributed by atoms with Crippen molar-refractivity contribution in [2.24, 2.45) is 22.7 Å². The van der Waals surface area contributed by atoms with Gasteiger partial charge in [0, 0.05) is 16.7 Å². The first-order valence-corrected chi connectivity index (χ1v) is 13.4. The van der Waals surface area contributed by atoms with Crippen LogP contribution in [0.5, 0.6) is 0 Å².